The van der Waals surface area contributed by atoms with Gasteiger partial charge in [0.2, 0.25) is 5.91 Å². The van der Waals surface area contributed by atoms with E-state index in [1.165, 1.54) is 20.5 Å². The van der Waals surface area contributed by atoms with Crippen molar-refractivity contribution in [2.75, 3.05) is 5.32 Å². The Labute approximate surface area is 178 Å². The van der Waals surface area contributed by atoms with Crippen molar-refractivity contribution in [1.82, 2.24) is 9.13 Å². The lowest BCUT2D eigenvalue weighted by atomic mass is 10.3. The SMILES string of the molecule is O=C(Cn1c(=O)n(CCc2cccs2)c(=O)c2sccc21)Nc1cccc(Cl)c1. The molecule has 0 aliphatic heterocycles. The number of hydrogen-bond donors (Lipinski definition) is 1. The van der Waals surface area contributed by atoms with Crippen LogP contribution in [0.2, 0.25) is 5.02 Å². The van der Waals surface area contributed by atoms with Crippen LogP contribution in [-0.4, -0.2) is 15.0 Å². The molecule has 0 aliphatic carbocycles. The van der Waals surface area contributed by atoms with Gasteiger partial charge >= 0.3 is 5.69 Å². The van der Waals surface area contributed by atoms with Crippen molar-refractivity contribution in [2.24, 2.45) is 0 Å². The van der Waals surface area contributed by atoms with Crippen LogP contribution in [0.15, 0.2) is 62.8 Å². The quantitative estimate of drug-likeness (QED) is 0.490. The van der Waals surface area contributed by atoms with Crippen molar-refractivity contribution < 1.29 is 4.79 Å². The summed E-state index contributed by atoms with van der Waals surface area (Å²) in [5.41, 5.74) is 0.212. The molecule has 148 valence electrons. The summed E-state index contributed by atoms with van der Waals surface area (Å²) in [7, 11) is 0. The van der Waals surface area contributed by atoms with Gasteiger partial charge < -0.3 is 5.32 Å². The summed E-state index contributed by atoms with van der Waals surface area (Å²) in [4.78, 5) is 39.5. The van der Waals surface area contributed by atoms with Gasteiger partial charge in [-0.1, -0.05) is 23.7 Å². The number of aryl methyl sites for hydroxylation is 1. The lowest BCUT2D eigenvalue weighted by Crippen LogP contribution is -2.41. The first-order valence-corrected chi connectivity index (χ1v) is 11.0. The molecule has 0 aliphatic rings. The number of carbonyl (C=O) groups is 1. The summed E-state index contributed by atoms with van der Waals surface area (Å²) in [6.45, 7) is 0.0692. The largest absolute Gasteiger partial charge is 0.332 e. The third-order valence-electron chi connectivity index (χ3n) is 4.41. The molecule has 29 heavy (non-hydrogen) atoms. The Balaban J connectivity index is 1.66. The first-order chi connectivity index (χ1) is 14.0. The minimum absolute atomic E-state index is 0.197. The van der Waals surface area contributed by atoms with Crippen molar-refractivity contribution in [3.8, 4) is 0 Å². The molecule has 0 radical (unpaired) electrons. The van der Waals surface area contributed by atoms with E-state index in [1.54, 1.807) is 47.0 Å². The Hall–Kier alpha value is -2.68. The van der Waals surface area contributed by atoms with Crippen LogP contribution in [0, 0.1) is 0 Å². The van der Waals surface area contributed by atoms with Gasteiger partial charge in [0, 0.05) is 22.1 Å². The number of fused-ring (bicyclic) bond motifs is 1. The number of anilines is 1. The summed E-state index contributed by atoms with van der Waals surface area (Å²) < 4.78 is 3.03. The van der Waals surface area contributed by atoms with E-state index in [-0.39, 0.29) is 24.6 Å². The number of hydrogen-bond acceptors (Lipinski definition) is 5. The molecule has 0 atom stereocenters. The first kappa shape index (κ1) is 19.6. The molecule has 0 saturated carbocycles. The fraction of sp³-hybridized carbons (Fsp3) is 0.150. The fourth-order valence-corrected chi connectivity index (χ4v) is 4.80. The molecule has 0 unspecified atom stereocenters. The van der Waals surface area contributed by atoms with Crippen LogP contribution in [0.4, 0.5) is 5.69 Å². The maximum Gasteiger partial charge on any atom is 0.332 e. The Morgan fingerprint density at radius 1 is 1.03 bits per heavy atom. The van der Waals surface area contributed by atoms with E-state index in [0.29, 0.717) is 27.3 Å². The maximum absolute atomic E-state index is 13.0. The van der Waals surface area contributed by atoms with Crippen molar-refractivity contribution in [3.63, 3.8) is 0 Å². The van der Waals surface area contributed by atoms with Crippen molar-refractivity contribution >= 4 is 56.1 Å². The summed E-state index contributed by atoms with van der Waals surface area (Å²) in [5.74, 6) is -0.370. The molecule has 6 nitrogen and oxygen atoms in total. The van der Waals surface area contributed by atoms with Crippen molar-refractivity contribution in [1.29, 1.82) is 0 Å². The molecule has 0 spiro atoms. The number of rotatable bonds is 6. The zero-order valence-electron chi connectivity index (χ0n) is 15.1. The number of benzene rings is 1. The lowest BCUT2D eigenvalue weighted by Gasteiger charge is -2.12. The molecular formula is C20H16ClN3O3S2. The highest BCUT2D eigenvalue weighted by atomic mass is 35.5. The highest BCUT2D eigenvalue weighted by molar-refractivity contribution is 7.17. The maximum atomic E-state index is 13.0. The zero-order chi connectivity index (χ0) is 20.4. The standard InChI is InChI=1S/C20H16ClN3O3S2/c21-13-3-1-4-14(11-13)22-17(25)12-24-16-7-10-29-18(16)19(26)23(20(24)27)8-6-15-5-2-9-28-15/h1-5,7,9-11H,6,8,12H2,(H,22,25). The average Bonchev–Trinajstić information content (AvgIpc) is 3.37. The molecule has 0 saturated heterocycles. The van der Waals surface area contributed by atoms with Gasteiger partial charge in [-0.3, -0.25) is 18.7 Å². The second-order valence-corrected chi connectivity index (χ2v) is 8.73. The monoisotopic (exact) mass is 445 g/mol. The van der Waals surface area contributed by atoms with E-state index in [9.17, 15) is 14.4 Å². The minimum Gasteiger partial charge on any atom is -0.324 e. The minimum atomic E-state index is -0.487. The molecule has 3 heterocycles. The Kier molecular flexibility index (Phi) is 5.66. The van der Waals surface area contributed by atoms with Crippen LogP contribution >= 0.6 is 34.3 Å². The van der Waals surface area contributed by atoms with Gasteiger partial charge in [-0.2, -0.15) is 0 Å². The van der Waals surface area contributed by atoms with Gasteiger partial charge in [0.25, 0.3) is 5.56 Å². The Bertz CT molecular complexity index is 1290. The molecule has 1 aromatic carbocycles. The first-order valence-electron chi connectivity index (χ1n) is 8.81. The van der Waals surface area contributed by atoms with E-state index in [0.717, 1.165) is 4.88 Å². The van der Waals surface area contributed by atoms with Crippen LogP contribution in [-0.2, 0) is 24.3 Å². The van der Waals surface area contributed by atoms with Gasteiger partial charge in [0.1, 0.15) is 11.2 Å². The molecule has 4 rings (SSSR count). The molecule has 1 amide bonds. The molecule has 0 bridgehead atoms. The van der Waals surface area contributed by atoms with Crippen LogP contribution < -0.4 is 16.6 Å². The van der Waals surface area contributed by atoms with E-state index >= 15 is 0 Å². The van der Waals surface area contributed by atoms with Gasteiger partial charge in [-0.05, 0) is 47.5 Å². The van der Waals surface area contributed by atoms with Crippen LogP contribution in [0.5, 0.6) is 0 Å². The third-order valence-corrected chi connectivity index (χ3v) is 6.47. The van der Waals surface area contributed by atoms with Gasteiger partial charge in [-0.25, -0.2) is 4.79 Å². The number of amides is 1. The highest BCUT2D eigenvalue weighted by Crippen LogP contribution is 2.17. The van der Waals surface area contributed by atoms with Crippen LogP contribution in [0.25, 0.3) is 10.2 Å². The number of halogens is 1. The van der Waals surface area contributed by atoms with E-state index in [4.69, 9.17) is 11.6 Å². The number of nitrogens with zero attached hydrogens (tertiary/aromatic N) is 2. The molecule has 4 aromatic rings. The number of aromatic nitrogens is 2. The van der Waals surface area contributed by atoms with Crippen LogP contribution in [0.1, 0.15) is 4.88 Å². The second kappa shape index (κ2) is 8.36. The van der Waals surface area contributed by atoms with Gasteiger partial charge in [-0.15, -0.1) is 22.7 Å². The molecule has 9 heteroatoms. The van der Waals surface area contributed by atoms with Crippen molar-refractivity contribution in [3.05, 3.63) is 84.0 Å². The van der Waals surface area contributed by atoms with Crippen LogP contribution in [0.3, 0.4) is 0 Å². The second-order valence-electron chi connectivity index (χ2n) is 6.35. The summed E-state index contributed by atoms with van der Waals surface area (Å²) in [5, 5.41) is 6.95. The molecule has 3 aromatic heterocycles. The zero-order valence-corrected chi connectivity index (χ0v) is 17.5. The average molecular weight is 446 g/mol. The number of nitrogens with one attached hydrogen (secondary N) is 1. The van der Waals surface area contributed by atoms with E-state index < -0.39 is 5.69 Å². The molecule has 1 N–H and O–H groups in total. The number of carbonyl (C=O) groups excluding carboxylic acids is 1. The highest BCUT2D eigenvalue weighted by Gasteiger charge is 2.16. The smallest absolute Gasteiger partial charge is 0.324 e. The third kappa shape index (κ3) is 4.19. The molecule has 0 fully saturated rings. The Morgan fingerprint density at radius 3 is 2.66 bits per heavy atom. The fourth-order valence-electron chi connectivity index (χ4n) is 3.07. The summed E-state index contributed by atoms with van der Waals surface area (Å²) in [6.07, 6.45) is 0.582. The van der Waals surface area contributed by atoms with E-state index in [2.05, 4.69) is 5.32 Å². The van der Waals surface area contributed by atoms with Gasteiger partial charge in [0.15, 0.2) is 0 Å². The topological polar surface area (TPSA) is 73.1 Å². The predicted molar refractivity (Wildman–Crippen MR) is 118 cm³/mol. The summed E-state index contributed by atoms with van der Waals surface area (Å²) in [6, 6.07) is 12.4. The predicted octanol–water partition coefficient (Wildman–Crippen LogP) is 3.82. The van der Waals surface area contributed by atoms with E-state index in [1.807, 2.05) is 17.5 Å². The lowest BCUT2D eigenvalue weighted by molar-refractivity contribution is -0.116. The summed E-state index contributed by atoms with van der Waals surface area (Å²) >= 11 is 8.80. The van der Waals surface area contributed by atoms with Crippen molar-refractivity contribution in [2.45, 2.75) is 19.5 Å². The number of thiophene rings is 2. The molecular weight excluding hydrogens is 430 g/mol. The Morgan fingerprint density at radius 2 is 1.90 bits per heavy atom. The van der Waals surface area contributed by atoms with Gasteiger partial charge in [0.05, 0.1) is 5.52 Å². The normalized spacial score (nSPS) is 11.1.